The number of pyridine rings is 1. The van der Waals surface area contributed by atoms with Gasteiger partial charge in [-0.1, -0.05) is 22.0 Å². The minimum atomic E-state index is 0.370. The molecule has 2 heterocycles. The van der Waals surface area contributed by atoms with Crippen molar-refractivity contribution in [2.45, 2.75) is 32.0 Å². The van der Waals surface area contributed by atoms with Crippen LogP contribution in [0.15, 0.2) is 24.4 Å². The molecule has 0 radical (unpaired) electrons. The molecule has 2 rings (SSSR count). The lowest BCUT2D eigenvalue weighted by Gasteiger charge is -2.07. The zero-order valence-electron chi connectivity index (χ0n) is 10.3. The van der Waals surface area contributed by atoms with Crippen molar-refractivity contribution in [1.82, 2.24) is 4.98 Å². The van der Waals surface area contributed by atoms with Gasteiger partial charge in [0.1, 0.15) is 0 Å². The lowest BCUT2D eigenvalue weighted by Crippen LogP contribution is -1.95. The maximum absolute atomic E-state index is 4.45. The van der Waals surface area contributed by atoms with E-state index >= 15 is 0 Å². The molecule has 0 bridgehead atoms. The molecule has 1 nitrogen and oxygen atoms in total. The molecule has 1 atom stereocenters. The van der Waals surface area contributed by atoms with Crippen LogP contribution in [0.5, 0.6) is 0 Å². The highest BCUT2D eigenvalue weighted by molar-refractivity contribution is 9.09. The van der Waals surface area contributed by atoms with Crippen LogP contribution in [0, 0.1) is 20.8 Å². The number of alkyl halides is 1. The summed E-state index contributed by atoms with van der Waals surface area (Å²) in [6.45, 7) is 6.40. The second kappa shape index (κ2) is 5.32. The van der Waals surface area contributed by atoms with Crippen LogP contribution < -0.4 is 0 Å². The Bertz CT molecular complexity index is 482. The predicted octanol–water partition coefficient (Wildman–Crippen LogP) is 4.75. The molecule has 1 unspecified atom stereocenters. The zero-order chi connectivity index (χ0) is 12.4. The van der Waals surface area contributed by atoms with E-state index in [1.807, 2.05) is 17.5 Å². The smallest absolute Gasteiger partial charge is 0.0544 e. The highest BCUT2D eigenvalue weighted by atomic mass is 79.9. The SMILES string of the molecule is Cc1ccc(CC(Br)c2cc(C)c(C)s2)nc1. The van der Waals surface area contributed by atoms with Crippen LogP contribution in [0.1, 0.15) is 31.4 Å². The molecule has 0 aliphatic heterocycles. The molecule has 0 aliphatic rings. The van der Waals surface area contributed by atoms with E-state index in [-0.39, 0.29) is 0 Å². The normalized spacial score (nSPS) is 12.7. The Morgan fingerprint density at radius 3 is 2.59 bits per heavy atom. The predicted molar refractivity (Wildman–Crippen MR) is 78.1 cm³/mol. The van der Waals surface area contributed by atoms with Crippen molar-refractivity contribution in [3.63, 3.8) is 0 Å². The van der Waals surface area contributed by atoms with E-state index in [2.05, 4.69) is 59.9 Å². The lowest BCUT2D eigenvalue weighted by molar-refractivity contribution is 0.916. The summed E-state index contributed by atoms with van der Waals surface area (Å²) in [7, 11) is 0. The van der Waals surface area contributed by atoms with Crippen molar-refractivity contribution in [3.8, 4) is 0 Å². The molecule has 17 heavy (non-hydrogen) atoms. The summed E-state index contributed by atoms with van der Waals surface area (Å²) in [6.07, 6.45) is 2.87. The Morgan fingerprint density at radius 2 is 2.06 bits per heavy atom. The molecule has 0 spiro atoms. The Hall–Kier alpha value is -0.670. The van der Waals surface area contributed by atoms with Crippen molar-refractivity contribution in [2.24, 2.45) is 0 Å². The molecular weight excluding hydrogens is 294 g/mol. The van der Waals surface area contributed by atoms with Gasteiger partial charge in [-0.15, -0.1) is 11.3 Å². The van der Waals surface area contributed by atoms with Gasteiger partial charge in [-0.05, 0) is 44.0 Å². The van der Waals surface area contributed by atoms with E-state index in [4.69, 9.17) is 0 Å². The first-order chi connectivity index (χ1) is 8.06. The summed E-state index contributed by atoms with van der Waals surface area (Å²) in [5.41, 5.74) is 3.73. The van der Waals surface area contributed by atoms with Crippen molar-refractivity contribution in [1.29, 1.82) is 0 Å². The van der Waals surface area contributed by atoms with E-state index in [1.165, 1.54) is 20.9 Å². The van der Waals surface area contributed by atoms with Crippen LogP contribution in [0.2, 0.25) is 0 Å². The van der Waals surface area contributed by atoms with Crippen LogP contribution in [0.4, 0.5) is 0 Å². The van der Waals surface area contributed by atoms with Gasteiger partial charge in [0, 0.05) is 28.1 Å². The number of thiophene rings is 1. The summed E-state index contributed by atoms with van der Waals surface area (Å²) in [5.74, 6) is 0. The van der Waals surface area contributed by atoms with Gasteiger partial charge in [-0.3, -0.25) is 4.98 Å². The van der Waals surface area contributed by atoms with Gasteiger partial charge < -0.3 is 0 Å². The van der Waals surface area contributed by atoms with Gasteiger partial charge in [0.25, 0.3) is 0 Å². The third kappa shape index (κ3) is 3.17. The van der Waals surface area contributed by atoms with E-state index in [1.54, 1.807) is 0 Å². The second-order valence-electron chi connectivity index (χ2n) is 4.39. The minimum absolute atomic E-state index is 0.370. The Morgan fingerprint density at radius 1 is 1.29 bits per heavy atom. The molecular formula is C14H16BrNS. The number of hydrogen-bond acceptors (Lipinski definition) is 2. The van der Waals surface area contributed by atoms with Gasteiger partial charge in [0.2, 0.25) is 0 Å². The molecule has 0 N–H and O–H groups in total. The third-order valence-electron chi connectivity index (χ3n) is 2.85. The summed E-state index contributed by atoms with van der Waals surface area (Å²) < 4.78 is 0. The van der Waals surface area contributed by atoms with Crippen LogP contribution in [0.3, 0.4) is 0 Å². The van der Waals surface area contributed by atoms with Gasteiger partial charge in [-0.25, -0.2) is 0 Å². The largest absolute Gasteiger partial charge is 0.261 e. The average molecular weight is 310 g/mol. The van der Waals surface area contributed by atoms with Crippen LogP contribution in [-0.2, 0) is 6.42 Å². The number of aryl methyl sites for hydroxylation is 3. The van der Waals surface area contributed by atoms with Crippen molar-refractivity contribution in [2.75, 3.05) is 0 Å². The number of rotatable bonds is 3. The maximum atomic E-state index is 4.45. The fourth-order valence-electron chi connectivity index (χ4n) is 1.66. The van der Waals surface area contributed by atoms with Crippen molar-refractivity contribution in [3.05, 3.63) is 51.0 Å². The van der Waals surface area contributed by atoms with Gasteiger partial charge in [0.05, 0.1) is 4.83 Å². The average Bonchev–Trinajstić information content (AvgIpc) is 2.63. The molecule has 0 aliphatic carbocycles. The quantitative estimate of drug-likeness (QED) is 0.746. The van der Waals surface area contributed by atoms with Crippen molar-refractivity contribution >= 4 is 27.3 Å². The van der Waals surface area contributed by atoms with Crippen LogP contribution in [0.25, 0.3) is 0 Å². The van der Waals surface area contributed by atoms with Gasteiger partial charge in [-0.2, -0.15) is 0 Å². The second-order valence-corrected chi connectivity index (χ2v) is 6.78. The van der Waals surface area contributed by atoms with Crippen LogP contribution >= 0.6 is 27.3 Å². The molecule has 0 aromatic carbocycles. The van der Waals surface area contributed by atoms with Crippen LogP contribution in [-0.4, -0.2) is 4.98 Å². The molecule has 2 aromatic rings. The van der Waals surface area contributed by atoms with Gasteiger partial charge in [0.15, 0.2) is 0 Å². The van der Waals surface area contributed by atoms with E-state index in [0.29, 0.717) is 4.83 Å². The Labute approximate surface area is 115 Å². The molecule has 0 saturated heterocycles. The van der Waals surface area contributed by atoms with E-state index in [0.717, 1.165) is 12.1 Å². The molecule has 0 fully saturated rings. The molecule has 0 saturated carbocycles. The number of hydrogen-bond donors (Lipinski definition) is 0. The summed E-state index contributed by atoms with van der Waals surface area (Å²) in [6, 6.07) is 6.50. The zero-order valence-corrected chi connectivity index (χ0v) is 12.7. The highest BCUT2D eigenvalue weighted by Gasteiger charge is 2.12. The van der Waals surface area contributed by atoms with E-state index < -0.39 is 0 Å². The summed E-state index contributed by atoms with van der Waals surface area (Å²) in [4.78, 5) is 7.61. The Balaban J connectivity index is 2.11. The Kier molecular flexibility index (Phi) is 4.00. The third-order valence-corrected chi connectivity index (χ3v) is 5.24. The molecule has 0 amide bonds. The standard InChI is InChI=1S/C14H16BrNS/c1-9-4-5-12(16-8-9)7-13(15)14-6-10(2)11(3)17-14/h4-6,8,13H,7H2,1-3H3. The summed E-state index contributed by atoms with van der Waals surface area (Å²) in [5, 5.41) is 0. The summed E-state index contributed by atoms with van der Waals surface area (Å²) >= 11 is 5.63. The number of halogens is 1. The van der Waals surface area contributed by atoms with Gasteiger partial charge >= 0.3 is 0 Å². The minimum Gasteiger partial charge on any atom is -0.261 e. The first kappa shape index (κ1) is 12.8. The maximum Gasteiger partial charge on any atom is 0.0544 e. The monoisotopic (exact) mass is 309 g/mol. The molecule has 2 aromatic heterocycles. The first-order valence-corrected chi connectivity index (χ1v) is 7.42. The fraction of sp³-hybridized carbons (Fsp3) is 0.357. The van der Waals surface area contributed by atoms with Crippen molar-refractivity contribution < 1.29 is 0 Å². The fourth-order valence-corrected chi connectivity index (χ4v) is 3.42. The topological polar surface area (TPSA) is 12.9 Å². The molecule has 3 heteroatoms. The number of aromatic nitrogens is 1. The number of nitrogens with zero attached hydrogens (tertiary/aromatic N) is 1. The lowest BCUT2D eigenvalue weighted by atomic mass is 10.1. The molecule has 90 valence electrons. The highest BCUT2D eigenvalue weighted by Crippen LogP contribution is 2.33. The first-order valence-electron chi connectivity index (χ1n) is 5.69. The van der Waals surface area contributed by atoms with E-state index in [9.17, 15) is 0 Å².